The Morgan fingerprint density at radius 3 is 1.91 bits per heavy atom. The molecule has 2 aliphatic carbocycles. The minimum Gasteiger partial charge on any atom is -0.0622 e. The van der Waals surface area contributed by atoms with E-state index in [-0.39, 0.29) is 0 Å². The lowest BCUT2D eigenvalue weighted by Crippen LogP contribution is -2.31. The zero-order chi connectivity index (χ0) is 15.2. The predicted octanol–water partition coefficient (Wildman–Crippen LogP) is 6.64. The number of rotatable bonds is 5. The van der Waals surface area contributed by atoms with E-state index < -0.39 is 0 Å². The molecule has 1 aromatic carbocycles. The van der Waals surface area contributed by atoms with Gasteiger partial charge in [-0.3, -0.25) is 0 Å². The fraction of sp³-hybridized carbons (Fsp3) is 0.727. The summed E-state index contributed by atoms with van der Waals surface area (Å²) >= 11 is 0. The van der Waals surface area contributed by atoms with Crippen molar-refractivity contribution in [2.24, 2.45) is 23.7 Å². The van der Waals surface area contributed by atoms with Crippen LogP contribution < -0.4 is 0 Å². The molecule has 22 heavy (non-hydrogen) atoms. The van der Waals surface area contributed by atoms with E-state index in [1.165, 1.54) is 70.6 Å². The van der Waals surface area contributed by atoms with Gasteiger partial charge in [-0.15, -0.1) is 0 Å². The van der Waals surface area contributed by atoms with Crippen LogP contribution in [0.2, 0.25) is 0 Å². The maximum atomic E-state index is 2.60. The molecule has 2 fully saturated rings. The second-order valence-corrected chi connectivity index (χ2v) is 8.01. The molecular weight excluding hydrogens is 264 g/mol. The third kappa shape index (κ3) is 4.15. The zero-order valence-corrected chi connectivity index (χ0v) is 14.5. The molecule has 0 N–H and O–H groups in total. The van der Waals surface area contributed by atoms with E-state index in [9.17, 15) is 0 Å². The summed E-state index contributed by atoms with van der Waals surface area (Å²) in [6, 6.07) is 11.3. The van der Waals surface area contributed by atoms with Crippen molar-refractivity contribution in [2.45, 2.75) is 77.6 Å². The third-order valence-electron chi connectivity index (χ3n) is 6.64. The summed E-state index contributed by atoms with van der Waals surface area (Å²) in [5, 5.41) is 0. The van der Waals surface area contributed by atoms with Gasteiger partial charge in [-0.05, 0) is 35.7 Å². The normalized spacial score (nSPS) is 24.0. The lowest BCUT2D eigenvalue weighted by molar-refractivity contribution is 0.119. The second-order valence-electron chi connectivity index (χ2n) is 8.01. The highest BCUT2D eigenvalue weighted by molar-refractivity contribution is 5.15. The SMILES string of the molecule is CC(C1CCCCC1)C(Cc1ccccc1)C1CCCCC1. The molecule has 2 saturated carbocycles. The largest absolute Gasteiger partial charge is 0.0622 e. The fourth-order valence-electron chi connectivity index (χ4n) is 5.24. The first-order valence-electron chi connectivity index (χ1n) is 9.88. The molecule has 122 valence electrons. The van der Waals surface area contributed by atoms with Gasteiger partial charge < -0.3 is 0 Å². The second kappa shape index (κ2) is 8.18. The minimum atomic E-state index is 0.920. The molecule has 2 atom stereocenters. The summed E-state index contributed by atoms with van der Waals surface area (Å²) in [4.78, 5) is 0. The molecule has 0 aliphatic heterocycles. The van der Waals surface area contributed by atoms with Crippen molar-refractivity contribution in [3.63, 3.8) is 0 Å². The Hall–Kier alpha value is -0.780. The van der Waals surface area contributed by atoms with E-state index in [4.69, 9.17) is 0 Å². The predicted molar refractivity (Wildman–Crippen MR) is 96.0 cm³/mol. The fourth-order valence-corrected chi connectivity index (χ4v) is 5.24. The van der Waals surface area contributed by atoms with Crippen molar-refractivity contribution < 1.29 is 0 Å². The molecule has 0 saturated heterocycles. The van der Waals surface area contributed by atoms with Crippen LogP contribution in [0.1, 0.15) is 76.7 Å². The highest BCUT2D eigenvalue weighted by Crippen LogP contribution is 2.42. The quantitative estimate of drug-likeness (QED) is 0.571. The topological polar surface area (TPSA) is 0 Å². The van der Waals surface area contributed by atoms with Crippen LogP contribution in [0.3, 0.4) is 0 Å². The summed E-state index contributed by atoms with van der Waals surface area (Å²) < 4.78 is 0. The van der Waals surface area contributed by atoms with Crippen LogP contribution >= 0.6 is 0 Å². The van der Waals surface area contributed by atoms with Crippen LogP contribution in [-0.4, -0.2) is 0 Å². The molecule has 0 heterocycles. The first kappa shape index (κ1) is 16.1. The summed E-state index contributed by atoms with van der Waals surface area (Å²) in [6.45, 7) is 2.60. The molecular formula is C22H34. The van der Waals surface area contributed by atoms with Crippen molar-refractivity contribution in [1.82, 2.24) is 0 Å². The van der Waals surface area contributed by atoms with E-state index in [1.54, 1.807) is 5.56 Å². The Morgan fingerprint density at radius 1 is 0.773 bits per heavy atom. The van der Waals surface area contributed by atoms with Crippen molar-refractivity contribution in [3.05, 3.63) is 35.9 Å². The molecule has 0 spiro atoms. The lowest BCUT2D eigenvalue weighted by Gasteiger charge is -2.39. The summed E-state index contributed by atoms with van der Waals surface area (Å²) in [6.07, 6.45) is 16.2. The summed E-state index contributed by atoms with van der Waals surface area (Å²) in [5.41, 5.74) is 1.57. The molecule has 0 bridgehead atoms. The van der Waals surface area contributed by atoms with Gasteiger partial charge in [-0.25, -0.2) is 0 Å². The number of hydrogen-bond donors (Lipinski definition) is 0. The molecule has 2 aliphatic rings. The molecule has 0 aromatic heterocycles. The van der Waals surface area contributed by atoms with Gasteiger partial charge in [0.25, 0.3) is 0 Å². The minimum absolute atomic E-state index is 0.920. The molecule has 1 aromatic rings. The average Bonchev–Trinajstić information content (AvgIpc) is 2.61. The van der Waals surface area contributed by atoms with Crippen molar-refractivity contribution in [2.75, 3.05) is 0 Å². The molecule has 0 radical (unpaired) electrons. The van der Waals surface area contributed by atoms with Gasteiger partial charge in [0.15, 0.2) is 0 Å². The third-order valence-corrected chi connectivity index (χ3v) is 6.64. The molecule has 0 amide bonds. The number of hydrogen-bond acceptors (Lipinski definition) is 0. The van der Waals surface area contributed by atoms with Crippen molar-refractivity contribution in [3.8, 4) is 0 Å². The van der Waals surface area contributed by atoms with Gasteiger partial charge in [0, 0.05) is 0 Å². The van der Waals surface area contributed by atoms with Crippen LogP contribution in [0.25, 0.3) is 0 Å². The Morgan fingerprint density at radius 2 is 1.32 bits per heavy atom. The van der Waals surface area contributed by atoms with E-state index in [0.717, 1.165) is 23.7 Å². The van der Waals surface area contributed by atoms with E-state index >= 15 is 0 Å². The Kier molecular flexibility index (Phi) is 5.98. The molecule has 0 heteroatoms. The van der Waals surface area contributed by atoms with Gasteiger partial charge in [0.2, 0.25) is 0 Å². The van der Waals surface area contributed by atoms with Gasteiger partial charge >= 0.3 is 0 Å². The average molecular weight is 299 g/mol. The van der Waals surface area contributed by atoms with E-state index in [0.29, 0.717) is 0 Å². The lowest BCUT2D eigenvalue weighted by atomic mass is 9.66. The monoisotopic (exact) mass is 298 g/mol. The number of benzene rings is 1. The maximum Gasteiger partial charge on any atom is -0.0245 e. The van der Waals surface area contributed by atoms with Crippen molar-refractivity contribution in [1.29, 1.82) is 0 Å². The highest BCUT2D eigenvalue weighted by atomic mass is 14.4. The van der Waals surface area contributed by atoms with Gasteiger partial charge in [-0.2, -0.15) is 0 Å². The van der Waals surface area contributed by atoms with Crippen LogP contribution in [0.4, 0.5) is 0 Å². The smallest absolute Gasteiger partial charge is 0.0245 e. The van der Waals surface area contributed by atoms with Crippen molar-refractivity contribution >= 4 is 0 Å². The van der Waals surface area contributed by atoms with Crippen LogP contribution in [0.5, 0.6) is 0 Å². The zero-order valence-electron chi connectivity index (χ0n) is 14.5. The van der Waals surface area contributed by atoms with Crippen LogP contribution in [0.15, 0.2) is 30.3 Å². The van der Waals surface area contributed by atoms with Crippen LogP contribution in [0, 0.1) is 23.7 Å². The van der Waals surface area contributed by atoms with Crippen LogP contribution in [-0.2, 0) is 6.42 Å². The standard InChI is InChI=1S/C22H34/c1-18(20-13-7-3-8-14-20)22(21-15-9-4-10-16-21)17-19-11-5-2-6-12-19/h2,5-6,11-12,18,20-22H,3-4,7-10,13-17H2,1H3. The molecule has 2 unspecified atom stereocenters. The summed E-state index contributed by atoms with van der Waals surface area (Å²) in [7, 11) is 0. The Labute approximate surface area is 137 Å². The Bertz CT molecular complexity index is 409. The van der Waals surface area contributed by atoms with E-state index in [1.807, 2.05) is 0 Å². The Balaban J connectivity index is 1.72. The van der Waals surface area contributed by atoms with Gasteiger partial charge in [0.1, 0.15) is 0 Å². The summed E-state index contributed by atoms with van der Waals surface area (Å²) in [5.74, 6) is 3.84. The maximum absolute atomic E-state index is 2.60. The van der Waals surface area contributed by atoms with E-state index in [2.05, 4.69) is 37.3 Å². The molecule has 0 nitrogen and oxygen atoms in total. The molecule has 3 rings (SSSR count). The first-order valence-corrected chi connectivity index (χ1v) is 9.88. The van der Waals surface area contributed by atoms with Gasteiger partial charge in [-0.1, -0.05) is 101 Å². The first-order chi connectivity index (χ1) is 10.8. The highest BCUT2D eigenvalue weighted by Gasteiger charge is 2.33. The van der Waals surface area contributed by atoms with Gasteiger partial charge in [0.05, 0.1) is 0 Å².